The summed E-state index contributed by atoms with van der Waals surface area (Å²) in [4.78, 5) is 30.6. The van der Waals surface area contributed by atoms with E-state index in [1.165, 1.54) is 12.1 Å². The predicted molar refractivity (Wildman–Crippen MR) is 187 cm³/mol. The molecule has 0 fully saturated rings. The first-order valence-corrected chi connectivity index (χ1v) is 18.3. The van der Waals surface area contributed by atoms with Crippen LogP contribution in [-0.2, 0) is 14.8 Å². The van der Waals surface area contributed by atoms with E-state index in [-0.39, 0.29) is 53.2 Å². The van der Waals surface area contributed by atoms with Gasteiger partial charge in [-0.05, 0) is 87.0 Å². The molecular formula is C34H46N4O8S2. The zero-order chi connectivity index (χ0) is 34.8. The average Bonchev–Trinajstić information content (AvgIpc) is 3.63. The van der Waals surface area contributed by atoms with Crippen LogP contribution in [0, 0.1) is 5.92 Å². The van der Waals surface area contributed by atoms with E-state index < -0.39 is 28.1 Å². The maximum atomic E-state index is 14.3. The molecule has 0 spiro atoms. The summed E-state index contributed by atoms with van der Waals surface area (Å²) in [5, 5.41) is 14.8. The number of aliphatic hydroxyl groups excluding tert-OH is 1. The second-order valence-electron chi connectivity index (χ2n) is 12.1. The van der Waals surface area contributed by atoms with Gasteiger partial charge in [-0.15, -0.1) is 11.3 Å². The fourth-order valence-corrected chi connectivity index (χ4v) is 7.36. The summed E-state index contributed by atoms with van der Waals surface area (Å²) in [6.07, 6.45) is 1.61. The fourth-order valence-electron chi connectivity index (χ4n) is 5.32. The summed E-state index contributed by atoms with van der Waals surface area (Å²) >= 11 is 1.09. The highest BCUT2D eigenvalue weighted by Gasteiger charge is 2.31. The molecular weight excluding hydrogens is 657 g/mol. The lowest BCUT2D eigenvalue weighted by atomic mass is 10.0. The van der Waals surface area contributed by atoms with Gasteiger partial charge in [-0.25, -0.2) is 13.2 Å². The van der Waals surface area contributed by atoms with Crippen molar-refractivity contribution in [3.8, 4) is 11.5 Å². The number of anilines is 2. The highest BCUT2D eigenvalue weighted by Crippen LogP contribution is 2.30. The van der Waals surface area contributed by atoms with Crippen molar-refractivity contribution in [2.45, 2.75) is 62.5 Å². The summed E-state index contributed by atoms with van der Waals surface area (Å²) in [7, 11) is -0.599. The lowest BCUT2D eigenvalue weighted by molar-refractivity contribution is -0.0115. The van der Waals surface area contributed by atoms with Crippen LogP contribution >= 0.6 is 11.3 Å². The normalized spacial score (nSPS) is 20.1. The van der Waals surface area contributed by atoms with Crippen LogP contribution in [0.2, 0.25) is 0 Å². The van der Waals surface area contributed by atoms with Crippen molar-refractivity contribution in [1.29, 1.82) is 0 Å². The highest BCUT2D eigenvalue weighted by molar-refractivity contribution is 7.94. The second-order valence-corrected chi connectivity index (χ2v) is 14.9. The van der Waals surface area contributed by atoms with Crippen molar-refractivity contribution >= 4 is 44.7 Å². The Morgan fingerprint density at radius 1 is 1.15 bits per heavy atom. The molecule has 0 saturated heterocycles. The van der Waals surface area contributed by atoms with E-state index >= 15 is 0 Å². The van der Waals surface area contributed by atoms with Gasteiger partial charge in [-0.3, -0.25) is 9.52 Å². The van der Waals surface area contributed by atoms with E-state index in [0.717, 1.165) is 24.2 Å². The van der Waals surface area contributed by atoms with Gasteiger partial charge in [-0.2, -0.15) is 0 Å². The van der Waals surface area contributed by atoms with Crippen LogP contribution in [0.25, 0.3) is 0 Å². The molecule has 12 nitrogen and oxygen atoms in total. The van der Waals surface area contributed by atoms with Crippen molar-refractivity contribution in [2.24, 2.45) is 5.92 Å². The Labute approximate surface area is 287 Å². The minimum atomic E-state index is -3.86. The van der Waals surface area contributed by atoms with Crippen LogP contribution in [0.3, 0.4) is 0 Å². The number of sulfonamides is 1. The fraction of sp³-hybridized carbons (Fsp3) is 0.471. The molecule has 0 saturated carbocycles. The van der Waals surface area contributed by atoms with E-state index in [1.54, 1.807) is 78.7 Å². The third-order valence-corrected chi connectivity index (χ3v) is 11.0. The number of likely N-dealkylation sites (N-methyl/N-ethyl adjacent to an activating group) is 1. The summed E-state index contributed by atoms with van der Waals surface area (Å²) in [6, 6.07) is 14.0. The Morgan fingerprint density at radius 3 is 2.54 bits per heavy atom. The van der Waals surface area contributed by atoms with Crippen molar-refractivity contribution in [1.82, 2.24) is 9.80 Å². The Bertz CT molecular complexity index is 1600. The number of amides is 3. The summed E-state index contributed by atoms with van der Waals surface area (Å²) in [5.41, 5.74) is 1.00. The molecule has 4 rings (SSSR count). The molecule has 3 amide bonds. The molecule has 262 valence electrons. The van der Waals surface area contributed by atoms with Gasteiger partial charge in [0.1, 0.15) is 15.7 Å². The van der Waals surface area contributed by atoms with E-state index in [0.29, 0.717) is 30.2 Å². The molecule has 0 radical (unpaired) electrons. The van der Waals surface area contributed by atoms with Crippen molar-refractivity contribution in [3.05, 3.63) is 65.5 Å². The van der Waals surface area contributed by atoms with Crippen LogP contribution in [0.4, 0.5) is 16.2 Å². The SMILES string of the molecule is COc1ccc(NC(=O)N(C)C[C@H]2OCCCC[C@H](C)Oc3ccc(NS(=O)(=O)c4cccs4)cc3C(=O)N([C@@H](C)CO)C[C@H]2C)cc1. The van der Waals surface area contributed by atoms with Gasteiger partial charge in [0, 0.05) is 44.0 Å². The summed E-state index contributed by atoms with van der Waals surface area (Å²) < 4.78 is 46.5. The molecule has 3 aromatic rings. The average molecular weight is 703 g/mol. The Balaban J connectivity index is 1.60. The third kappa shape index (κ3) is 9.84. The lowest BCUT2D eigenvalue weighted by Crippen LogP contribution is -2.48. The maximum Gasteiger partial charge on any atom is 0.321 e. The van der Waals surface area contributed by atoms with Crippen molar-refractivity contribution in [3.63, 3.8) is 0 Å². The first kappa shape index (κ1) is 37.0. The Morgan fingerprint density at radius 2 is 1.88 bits per heavy atom. The quantitative estimate of drug-likeness (QED) is 0.264. The van der Waals surface area contributed by atoms with Crippen LogP contribution in [0.5, 0.6) is 11.5 Å². The van der Waals surface area contributed by atoms with Crippen LogP contribution < -0.4 is 19.5 Å². The molecule has 48 heavy (non-hydrogen) atoms. The van der Waals surface area contributed by atoms with Crippen molar-refractivity contribution < 1.29 is 37.3 Å². The number of carbonyl (C=O) groups is 2. The number of carbonyl (C=O) groups excluding carboxylic acids is 2. The molecule has 1 aromatic heterocycles. The zero-order valence-electron chi connectivity index (χ0n) is 28.0. The summed E-state index contributed by atoms with van der Waals surface area (Å²) in [5.74, 6) is 0.322. The standard InChI is InChI=1S/C34H46N4O8S2/c1-23-20-38(24(2)22-39)33(40)29-19-27(36-48(42,43)32-10-8-18-47-32)13-16-30(29)46-25(3)9-6-7-17-45-31(23)21-37(4)34(41)35-26-11-14-28(44-5)15-12-26/h8,10-16,18-19,23-25,31,36,39H,6-7,9,17,20-22H2,1-5H3,(H,35,41)/t23-,24+,25+,31-/m1/s1. The molecule has 14 heteroatoms. The molecule has 0 bridgehead atoms. The monoisotopic (exact) mass is 702 g/mol. The van der Waals surface area contributed by atoms with Gasteiger partial charge in [0.2, 0.25) is 0 Å². The Hall–Kier alpha value is -3.85. The third-order valence-electron chi connectivity index (χ3n) is 8.21. The minimum absolute atomic E-state index is 0.150. The van der Waals surface area contributed by atoms with Gasteiger partial charge < -0.3 is 34.4 Å². The Kier molecular flexibility index (Phi) is 13.1. The lowest BCUT2D eigenvalue weighted by Gasteiger charge is -2.35. The number of urea groups is 1. The van der Waals surface area contributed by atoms with Gasteiger partial charge in [-0.1, -0.05) is 13.0 Å². The van der Waals surface area contributed by atoms with Crippen LogP contribution in [0.1, 0.15) is 50.4 Å². The molecule has 2 aromatic carbocycles. The van der Waals surface area contributed by atoms with Crippen LogP contribution in [0.15, 0.2) is 64.2 Å². The van der Waals surface area contributed by atoms with E-state index in [1.807, 2.05) is 13.8 Å². The smallest absolute Gasteiger partial charge is 0.321 e. The number of benzene rings is 2. The number of aliphatic hydroxyl groups is 1. The molecule has 2 heterocycles. The zero-order valence-corrected chi connectivity index (χ0v) is 29.7. The first-order valence-electron chi connectivity index (χ1n) is 16.0. The number of methoxy groups -OCH3 is 1. The maximum absolute atomic E-state index is 14.3. The number of thiophene rings is 1. The second kappa shape index (κ2) is 17.0. The summed E-state index contributed by atoms with van der Waals surface area (Å²) in [6.45, 7) is 6.22. The number of nitrogens with one attached hydrogen (secondary N) is 2. The predicted octanol–water partition coefficient (Wildman–Crippen LogP) is 5.52. The highest BCUT2D eigenvalue weighted by atomic mass is 32.2. The minimum Gasteiger partial charge on any atom is -0.497 e. The van der Waals surface area contributed by atoms with Gasteiger partial charge in [0.25, 0.3) is 15.9 Å². The number of fused-ring (bicyclic) bond motifs is 1. The number of ether oxygens (including phenoxy) is 3. The molecule has 3 N–H and O–H groups in total. The molecule has 0 unspecified atom stereocenters. The molecule has 1 aliphatic rings. The van der Waals surface area contributed by atoms with Gasteiger partial charge >= 0.3 is 6.03 Å². The number of rotatable bonds is 9. The van der Waals surface area contributed by atoms with Crippen molar-refractivity contribution in [2.75, 3.05) is 50.5 Å². The first-order chi connectivity index (χ1) is 22.9. The van der Waals surface area contributed by atoms with E-state index in [9.17, 15) is 23.1 Å². The number of hydrogen-bond acceptors (Lipinski definition) is 9. The molecule has 0 aliphatic carbocycles. The molecule has 1 aliphatic heterocycles. The van der Waals surface area contributed by atoms with Gasteiger partial charge in [0.15, 0.2) is 0 Å². The van der Waals surface area contributed by atoms with E-state index in [4.69, 9.17) is 14.2 Å². The molecule has 4 atom stereocenters. The number of hydrogen-bond donors (Lipinski definition) is 3. The van der Waals surface area contributed by atoms with Crippen LogP contribution in [-0.4, -0.2) is 94.0 Å². The topological polar surface area (TPSA) is 147 Å². The number of nitrogens with zero attached hydrogens (tertiary/aromatic N) is 2. The van der Waals surface area contributed by atoms with Gasteiger partial charge in [0.05, 0.1) is 37.5 Å². The van der Waals surface area contributed by atoms with E-state index in [2.05, 4.69) is 10.0 Å². The largest absolute Gasteiger partial charge is 0.497 e.